The lowest BCUT2D eigenvalue weighted by molar-refractivity contribution is 0.593. The molecule has 94 valence electrons. The summed E-state index contributed by atoms with van der Waals surface area (Å²) in [6, 6.07) is 8.49. The summed E-state index contributed by atoms with van der Waals surface area (Å²) in [6.07, 6.45) is 2.23. The molecule has 0 saturated carbocycles. The van der Waals surface area contributed by atoms with Crippen LogP contribution in [0.15, 0.2) is 29.8 Å². The highest BCUT2D eigenvalue weighted by Gasteiger charge is 2.04. The SMILES string of the molecule is CC(C)NCC(=Cc1cccc(Cl)c1)C(C)C. The van der Waals surface area contributed by atoms with Crippen LogP contribution in [0.4, 0.5) is 0 Å². The largest absolute Gasteiger partial charge is 0.311 e. The molecule has 1 aromatic rings. The molecule has 0 bridgehead atoms. The predicted molar refractivity (Wildman–Crippen MR) is 77.4 cm³/mol. The van der Waals surface area contributed by atoms with Gasteiger partial charge in [-0.25, -0.2) is 0 Å². The summed E-state index contributed by atoms with van der Waals surface area (Å²) in [7, 11) is 0. The van der Waals surface area contributed by atoms with Gasteiger partial charge in [-0.05, 0) is 23.6 Å². The van der Waals surface area contributed by atoms with Crippen LogP contribution in [0.1, 0.15) is 33.3 Å². The van der Waals surface area contributed by atoms with Crippen LogP contribution in [-0.4, -0.2) is 12.6 Å². The van der Waals surface area contributed by atoms with Crippen molar-refractivity contribution in [3.05, 3.63) is 40.4 Å². The first-order valence-corrected chi connectivity index (χ1v) is 6.56. The van der Waals surface area contributed by atoms with Gasteiger partial charge in [-0.3, -0.25) is 0 Å². The van der Waals surface area contributed by atoms with Crippen molar-refractivity contribution in [3.63, 3.8) is 0 Å². The maximum atomic E-state index is 5.99. The molecule has 0 heterocycles. The lowest BCUT2D eigenvalue weighted by Crippen LogP contribution is -2.26. The molecule has 0 aromatic heterocycles. The molecule has 0 unspecified atom stereocenters. The molecular formula is C15H22ClN. The van der Waals surface area contributed by atoms with Gasteiger partial charge in [-0.15, -0.1) is 0 Å². The van der Waals surface area contributed by atoms with Crippen LogP contribution in [0.3, 0.4) is 0 Å². The Morgan fingerprint density at radius 3 is 2.53 bits per heavy atom. The lowest BCUT2D eigenvalue weighted by atomic mass is 10.00. The summed E-state index contributed by atoms with van der Waals surface area (Å²) in [5.74, 6) is 0.542. The Hall–Kier alpha value is -0.790. The third-order valence-electron chi connectivity index (χ3n) is 2.66. The average Bonchev–Trinajstić information content (AvgIpc) is 2.23. The number of halogens is 1. The molecule has 0 atom stereocenters. The molecule has 1 rings (SSSR count). The fourth-order valence-electron chi connectivity index (χ4n) is 1.55. The molecule has 0 amide bonds. The van der Waals surface area contributed by atoms with Gasteiger partial charge >= 0.3 is 0 Å². The van der Waals surface area contributed by atoms with Crippen molar-refractivity contribution >= 4 is 17.7 Å². The van der Waals surface area contributed by atoms with E-state index in [0.29, 0.717) is 12.0 Å². The maximum absolute atomic E-state index is 5.99. The Bertz CT molecular complexity index is 380. The second kappa shape index (κ2) is 6.83. The molecule has 0 radical (unpaired) electrons. The normalized spacial score (nSPS) is 12.5. The molecule has 0 spiro atoms. The van der Waals surface area contributed by atoms with Crippen LogP contribution in [0.5, 0.6) is 0 Å². The molecule has 0 fully saturated rings. The van der Waals surface area contributed by atoms with Crippen LogP contribution in [0, 0.1) is 5.92 Å². The molecule has 17 heavy (non-hydrogen) atoms. The third-order valence-corrected chi connectivity index (χ3v) is 2.89. The fraction of sp³-hybridized carbons (Fsp3) is 0.467. The van der Waals surface area contributed by atoms with Crippen LogP contribution >= 0.6 is 11.6 Å². The van der Waals surface area contributed by atoms with Gasteiger partial charge in [-0.1, -0.05) is 63.1 Å². The Morgan fingerprint density at radius 1 is 1.29 bits per heavy atom. The monoisotopic (exact) mass is 251 g/mol. The predicted octanol–water partition coefficient (Wildman–Crippen LogP) is 4.38. The van der Waals surface area contributed by atoms with Crippen LogP contribution < -0.4 is 5.32 Å². The molecule has 2 heteroatoms. The average molecular weight is 252 g/mol. The van der Waals surface area contributed by atoms with Gasteiger partial charge in [0, 0.05) is 17.6 Å². The van der Waals surface area contributed by atoms with E-state index in [2.05, 4.69) is 45.2 Å². The summed E-state index contributed by atoms with van der Waals surface area (Å²) in [4.78, 5) is 0. The molecule has 1 aromatic carbocycles. The van der Waals surface area contributed by atoms with Gasteiger partial charge in [0.15, 0.2) is 0 Å². The number of rotatable bonds is 5. The Balaban J connectivity index is 2.82. The van der Waals surface area contributed by atoms with E-state index in [-0.39, 0.29) is 0 Å². The van der Waals surface area contributed by atoms with E-state index in [0.717, 1.165) is 11.6 Å². The molecule has 0 saturated heterocycles. The molecule has 0 aliphatic rings. The number of hydrogen-bond donors (Lipinski definition) is 1. The topological polar surface area (TPSA) is 12.0 Å². The van der Waals surface area contributed by atoms with Crippen LogP contribution in [-0.2, 0) is 0 Å². The Kier molecular flexibility index (Phi) is 5.73. The lowest BCUT2D eigenvalue weighted by Gasteiger charge is -2.15. The standard InChI is InChI=1S/C15H22ClN/c1-11(2)14(10-17-12(3)4)8-13-6-5-7-15(16)9-13/h5-9,11-12,17H,10H2,1-4H3. The van der Waals surface area contributed by atoms with E-state index >= 15 is 0 Å². The van der Waals surface area contributed by atoms with Crippen molar-refractivity contribution in [2.45, 2.75) is 33.7 Å². The van der Waals surface area contributed by atoms with Gasteiger partial charge in [0.2, 0.25) is 0 Å². The smallest absolute Gasteiger partial charge is 0.0411 e. The quantitative estimate of drug-likeness (QED) is 0.819. The van der Waals surface area contributed by atoms with E-state index < -0.39 is 0 Å². The highest BCUT2D eigenvalue weighted by Crippen LogP contribution is 2.17. The van der Waals surface area contributed by atoms with E-state index in [1.807, 2.05) is 18.2 Å². The van der Waals surface area contributed by atoms with E-state index in [1.165, 1.54) is 11.1 Å². The summed E-state index contributed by atoms with van der Waals surface area (Å²) in [5, 5.41) is 4.25. The summed E-state index contributed by atoms with van der Waals surface area (Å²) < 4.78 is 0. The zero-order valence-electron chi connectivity index (χ0n) is 11.1. The van der Waals surface area contributed by atoms with Gasteiger partial charge < -0.3 is 5.32 Å². The van der Waals surface area contributed by atoms with Crippen molar-refractivity contribution in [3.8, 4) is 0 Å². The zero-order chi connectivity index (χ0) is 12.8. The summed E-state index contributed by atoms with van der Waals surface area (Å²) in [6.45, 7) is 9.70. The maximum Gasteiger partial charge on any atom is 0.0411 e. The highest BCUT2D eigenvalue weighted by molar-refractivity contribution is 6.30. The first-order chi connectivity index (χ1) is 7.99. The fourth-order valence-corrected chi connectivity index (χ4v) is 1.75. The third kappa shape index (κ3) is 5.38. The number of hydrogen-bond acceptors (Lipinski definition) is 1. The van der Waals surface area contributed by atoms with E-state index in [4.69, 9.17) is 11.6 Å². The van der Waals surface area contributed by atoms with Crippen molar-refractivity contribution in [1.29, 1.82) is 0 Å². The van der Waals surface area contributed by atoms with Crippen molar-refractivity contribution in [1.82, 2.24) is 5.32 Å². The zero-order valence-corrected chi connectivity index (χ0v) is 11.9. The van der Waals surface area contributed by atoms with Crippen LogP contribution in [0.25, 0.3) is 6.08 Å². The van der Waals surface area contributed by atoms with Crippen LogP contribution in [0.2, 0.25) is 5.02 Å². The highest BCUT2D eigenvalue weighted by atomic mass is 35.5. The first kappa shape index (κ1) is 14.3. The summed E-state index contributed by atoms with van der Waals surface area (Å²) in [5.41, 5.74) is 2.58. The first-order valence-electron chi connectivity index (χ1n) is 6.18. The second-order valence-corrected chi connectivity index (χ2v) is 5.40. The van der Waals surface area contributed by atoms with E-state index in [1.54, 1.807) is 0 Å². The van der Waals surface area contributed by atoms with Gasteiger partial charge in [-0.2, -0.15) is 0 Å². The molecule has 1 nitrogen and oxygen atoms in total. The van der Waals surface area contributed by atoms with E-state index in [9.17, 15) is 0 Å². The molecule has 1 N–H and O–H groups in total. The molecular weight excluding hydrogens is 230 g/mol. The molecule has 0 aliphatic carbocycles. The summed E-state index contributed by atoms with van der Waals surface area (Å²) >= 11 is 5.99. The van der Waals surface area contributed by atoms with Crippen molar-refractivity contribution in [2.75, 3.05) is 6.54 Å². The minimum Gasteiger partial charge on any atom is -0.311 e. The molecule has 0 aliphatic heterocycles. The van der Waals surface area contributed by atoms with Crippen molar-refractivity contribution in [2.24, 2.45) is 5.92 Å². The minimum absolute atomic E-state index is 0.511. The van der Waals surface area contributed by atoms with Gasteiger partial charge in [0.25, 0.3) is 0 Å². The van der Waals surface area contributed by atoms with Gasteiger partial charge in [0.1, 0.15) is 0 Å². The number of benzene rings is 1. The Morgan fingerprint density at radius 2 is 2.00 bits per heavy atom. The second-order valence-electron chi connectivity index (χ2n) is 4.96. The minimum atomic E-state index is 0.511. The van der Waals surface area contributed by atoms with Crippen molar-refractivity contribution < 1.29 is 0 Å². The number of nitrogens with one attached hydrogen (secondary N) is 1. The Labute approximate surface area is 110 Å². The van der Waals surface area contributed by atoms with Gasteiger partial charge in [0.05, 0.1) is 0 Å².